The van der Waals surface area contributed by atoms with Gasteiger partial charge >= 0.3 is 12.1 Å². The molecular weight excluding hydrogens is 440 g/mol. The molecule has 2 fully saturated rings. The zero-order valence-electron chi connectivity index (χ0n) is 21.4. The highest BCUT2D eigenvalue weighted by Crippen LogP contribution is 2.45. The number of ether oxygens (including phenoxy) is 2. The van der Waals surface area contributed by atoms with Gasteiger partial charge in [0.2, 0.25) is 11.8 Å². The molecule has 3 amide bonds. The van der Waals surface area contributed by atoms with Crippen LogP contribution in [0.5, 0.6) is 0 Å². The van der Waals surface area contributed by atoms with Crippen molar-refractivity contribution in [3.05, 3.63) is 12.7 Å². The van der Waals surface area contributed by atoms with E-state index in [4.69, 9.17) is 15.2 Å². The van der Waals surface area contributed by atoms with Crippen molar-refractivity contribution in [2.45, 2.75) is 90.6 Å². The van der Waals surface area contributed by atoms with Gasteiger partial charge in [0.25, 0.3) is 0 Å². The normalized spacial score (nSPS) is 27.4. The number of esters is 1. The smallest absolute Gasteiger partial charge is 0.408 e. The van der Waals surface area contributed by atoms with Crippen molar-refractivity contribution in [2.24, 2.45) is 17.1 Å². The minimum absolute atomic E-state index is 0.150. The van der Waals surface area contributed by atoms with E-state index in [9.17, 15) is 19.2 Å². The molecule has 0 aromatic carbocycles. The van der Waals surface area contributed by atoms with Crippen LogP contribution in [0.3, 0.4) is 0 Å². The molecule has 1 aliphatic heterocycles. The van der Waals surface area contributed by atoms with Crippen molar-refractivity contribution in [1.29, 1.82) is 0 Å². The maximum absolute atomic E-state index is 13.6. The van der Waals surface area contributed by atoms with Crippen LogP contribution in [-0.4, -0.2) is 71.2 Å². The number of hydrogen-bond donors (Lipinski definition) is 3. The molecule has 2 rings (SSSR count). The predicted octanol–water partition coefficient (Wildman–Crippen LogP) is 1.48. The molecule has 4 N–H and O–H groups in total. The Morgan fingerprint density at radius 1 is 1.21 bits per heavy atom. The van der Waals surface area contributed by atoms with Crippen LogP contribution in [0.4, 0.5) is 4.79 Å². The largest absolute Gasteiger partial charge is 0.464 e. The van der Waals surface area contributed by atoms with Gasteiger partial charge in [-0.25, -0.2) is 9.59 Å². The second-order valence-corrected chi connectivity index (χ2v) is 11.2. The first-order valence-electron chi connectivity index (χ1n) is 11.7. The third kappa shape index (κ3) is 6.28. The van der Waals surface area contributed by atoms with E-state index in [1.54, 1.807) is 33.8 Å². The monoisotopic (exact) mass is 480 g/mol. The van der Waals surface area contributed by atoms with Crippen LogP contribution >= 0.6 is 0 Å². The van der Waals surface area contributed by atoms with Gasteiger partial charge in [0, 0.05) is 18.5 Å². The summed E-state index contributed by atoms with van der Waals surface area (Å²) in [7, 11) is 0. The van der Waals surface area contributed by atoms with E-state index in [-0.39, 0.29) is 25.5 Å². The highest BCUT2D eigenvalue weighted by molar-refractivity contribution is 5.96. The Hall–Kier alpha value is -2.62. The molecule has 34 heavy (non-hydrogen) atoms. The van der Waals surface area contributed by atoms with Crippen molar-refractivity contribution >= 4 is 23.9 Å². The molecule has 192 valence electrons. The van der Waals surface area contributed by atoms with Gasteiger partial charge in [-0.15, -0.1) is 6.58 Å². The average molecular weight is 481 g/mol. The van der Waals surface area contributed by atoms with E-state index < -0.39 is 58.6 Å². The minimum atomic E-state index is -1.17. The topological polar surface area (TPSA) is 140 Å². The van der Waals surface area contributed by atoms with E-state index >= 15 is 0 Å². The lowest BCUT2D eigenvalue weighted by atomic mass is 9.85. The van der Waals surface area contributed by atoms with Crippen molar-refractivity contribution in [1.82, 2.24) is 15.5 Å². The number of likely N-dealkylation sites (tertiary alicyclic amines) is 1. The number of carbonyl (C=O) groups excluding carboxylic acids is 4. The zero-order valence-corrected chi connectivity index (χ0v) is 21.4. The Morgan fingerprint density at radius 2 is 1.82 bits per heavy atom. The number of nitrogens with one attached hydrogen (secondary N) is 2. The molecule has 0 spiro atoms. The molecule has 5 atom stereocenters. The minimum Gasteiger partial charge on any atom is -0.464 e. The fraction of sp³-hybridized carbons (Fsp3) is 0.750. The van der Waals surface area contributed by atoms with Crippen LogP contribution in [0.15, 0.2) is 12.7 Å². The fourth-order valence-electron chi connectivity index (χ4n) is 4.17. The van der Waals surface area contributed by atoms with E-state index in [1.165, 1.54) is 4.90 Å². The molecule has 2 aliphatic rings. The molecule has 1 saturated carbocycles. The van der Waals surface area contributed by atoms with Gasteiger partial charge in [-0.05, 0) is 46.0 Å². The van der Waals surface area contributed by atoms with Crippen LogP contribution in [0.1, 0.15) is 61.3 Å². The van der Waals surface area contributed by atoms with Gasteiger partial charge in [-0.1, -0.05) is 26.8 Å². The maximum Gasteiger partial charge on any atom is 0.408 e. The first-order valence-corrected chi connectivity index (χ1v) is 11.7. The van der Waals surface area contributed by atoms with E-state index in [0.717, 1.165) is 0 Å². The third-order valence-corrected chi connectivity index (χ3v) is 5.98. The molecule has 0 bridgehead atoms. The summed E-state index contributed by atoms with van der Waals surface area (Å²) < 4.78 is 10.5. The van der Waals surface area contributed by atoms with Crippen LogP contribution < -0.4 is 16.4 Å². The van der Waals surface area contributed by atoms with E-state index in [1.807, 2.05) is 20.8 Å². The summed E-state index contributed by atoms with van der Waals surface area (Å²) in [6, 6.07) is -2.26. The van der Waals surface area contributed by atoms with Crippen molar-refractivity contribution in [2.75, 3.05) is 13.2 Å². The Morgan fingerprint density at radius 3 is 2.29 bits per heavy atom. The SMILES string of the molecule is C=C[C@@H]1C[C@]1(NC(=O)[C@@H]1C[C@H](N)CN1C(=O)[C@@H](NC(=O)OC(C)(C)C)C(C)(C)C)C(=O)OCC. The summed E-state index contributed by atoms with van der Waals surface area (Å²) in [6.45, 7) is 16.4. The van der Waals surface area contributed by atoms with Gasteiger partial charge in [0.05, 0.1) is 6.61 Å². The first kappa shape index (κ1) is 27.6. The lowest BCUT2D eigenvalue weighted by Gasteiger charge is -2.36. The summed E-state index contributed by atoms with van der Waals surface area (Å²) in [5, 5.41) is 5.47. The zero-order chi connectivity index (χ0) is 26.1. The van der Waals surface area contributed by atoms with Crippen LogP contribution in [0, 0.1) is 11.3 Å². The lowest BCUT2D eigenvalue weighted by molar-refractivity contribution is -0.150. The fourth-order valence-corrected chi connectivity index (χ4v) is 4.17. The number of carbonyl (C=O) groups is 4. The molecule has 0 radical (unpaired) electrons. The van der Waals surface area contributed by atoms with Gasteiger partial charge in [0.15, 0.2) is 0 Å². The van der Waals surface area contributed by atoms with Gasteiger partial charge in [0.1, 0.15) is 23.2 Å². The van der Waals surface area contributed by atoms with E-state index in [0.29, 0.717) is 6.42 Å². The number of nitrogens with zero attached hydrogens (tertiary/aromatic N) is 1. The van der Waals surface area contributed by atoms with Crippen LogP contribution in [0.25, 0.3) is 0 Å². The highest BCUT2D eigenvalue weighted by atomic mass is 16.6. The highest BCUT2D eigenvalue weighted by Gasteiger charge is 2.62. The standard InChI is InChI=1S/C24H40N4O6/c1-9-14-12-24(14,20(31)33-10-2)27-18(29)16-11-15(25)13-28(16)19(30)17(22(3,4)5)26-21(32)34-23(6,7)8/h9,14-17H,1,10-13,25H2,2-8H3,(H,26,32)(H,27,29)/t14-,15+,16+,17-,24-/m1/s1. The molecule has 10 nitrogen and oxygen atoms in total. The van der Waals surface area contributed by atoms with Crippen LogP contribution in [0.2, 0.25) is 0 Å². The number of alkyl carbamates (subject to hydrolysis) is 1. The number of amides is 3. The second-order valence-electron chi connectivity index (χ2n) is 11.2. The molecule has 0 aromatic rings. The van der Waals surface area contributed by atoms with Gasteiger partial charge in [-0.2, -0.15) is 0 Å². The lowest BCUT2D eigenvalue weighted by Crippen LogP contribution is -2.59. The van der Waals surface area contributed by atoms with Crippen molar-refractivity contribution < 1.29 is 28.7 Å². The molecule has 1 aliphatic carbocycles. The summed E-state index contributed by atoms with van der Waals surface area (Å²) >= 11 is 0. The van der Waals surface area contributed by atoms with Crippen LogP contribution in [-0.2, 0) is 23.9 Å². The third-order valence-electron chi connectivity index (χ3n) is 5.98. The van der Waals surface area contributed by atoms with Crippen molar-refractivity contribution in [3.8, 4) is 0 Å². The first-order chi connectivity index (χ1) is 15.6. The molecular formula is C24H40N4O6. The molecule has 1 saturated heterocycles. The number of rotatable bonds is 7. The predicted molar refractivity (Wildman–Crippen MR) is 127 cm³/mol. The number of hydrogen-bond acceptors (Lipinski definition) is 7. The van der Waals surface area contributed by atoms with E-state index in [2.05, 4.69) is 17.2 Å². The Kier molecular flexibility index (Phi) is 8.07. The summed E-state index contributed by atoms with van der Waals surface area (Å²) in [6.07, 6.45) is 1.51. The quantitative estimate of drug-likeness (QED) is 0.370. The van der Waals surface area contributed by atoms with Crippen molar-refractivity contribution in [3.63, 3.8) is 0 Å². The molecule has 0 aromatic heterocycles. The summed E-state index contributed by atoms with van der Waals surface area (Å²) in [5.41, 5.74) is 3.56. The molecule has 10 heteroatoms. The second kappa shape index (κ2) is 9.93. The number of nitrogens with two attached hydrogens (primary N) is 1. The maximum atomic E-state index is 13.6. The Bertz CT molecular complexity index is 830. The Balaban J connectivity index is 2.24. The summed E-state index contributed by atoms with van der Waals surface area (Å²) in [4.78, 5) is 53.3. The average Bonchev–Trinajstić information content (AvgIpc) is 3.26. The van der Waals surface area contributed by atoms with Gasteiger partial charge in [-0.3, -0.25) is 9.59 Å². The molecule has 0 unspecified atom stereocenters. The summed E-state index contributed by atoms with van der Waals surface area (Å²) in [5.74, 6) is -1.69. The Labute approximate surface area is 202 Å². The molecule has 1 heterocycles. The van der Waals surface area contributed by atoms with Gasteiger partial charge < -0.3 is 30.7 Å².